The Hall–Kier alpha value is -3.49. The predicted molar refractivity (Wildman–Crippen MR) is 83.9 cm³/mol. The van der Waals surface area contributed by atoms with Crippen LogP contribution in [0.4, 0.5) is 5.95 Å². The Morgan fingerprint density at radius 3 is 2.92 bits per heavy atom. The minimum Gasteiger partial charge on any atom is -0.467 e. The number of furan rings is 1. The highest BCUT2D eigenvalue weighted by Gasteiger charge is 2.16. The van der Waals surface area contributed by atoms with Crippen molar-refractivity contribution in [3.8, 4) is 0 Å². The van der Waals surface area contributed by atoms with Crippen molar-refractivity contribution in [2.75, 3.05) is 5.32 Å². The van der Waals surface area contributed by atoms with Gasteiger partial charge in [0.25, 0.3) is 11.5 Å². The number of aromatic amines is 1. The van der Waals surface area contributed by atoms with Crippen LogP contribution in [0.1, 0.15) is 21.8 Å². The SMILES string of the molecule is Cc1ccnc(NC(=O)c2c[nH]c(=O)n(Cc3ccco3)c2=O)n1. The van der Waals surface area contributed by atoms with Crippen LogP contribution in [-0.2, 0) is 6.54 Å². The Morgan fingerprint density at radius 2 is 2.21 bits per heavy atom. The fourth-order valence-corrected chi connectivity index (χ4v) is 2.05. The van der Waals surface area contributed by atoms with E-state index in [2.05, 4.69) is 20.3 Å². The first-order chi connectivity index (χ1) is 11.5. The van der Waals surface area contributed by atoms with Crippen LogP contribution in [0.25, 0.3) is 0 Å². The van der Waals surface area contributed by atoms with Crippen LogP contribution in [0.5, 0.6) is 0 Å². The quantitative estimate of drug-likeness (QED) is 0.720. The normalized spacial score (nSPS) is 10.5. The molecular formula is C15H13N5O4. The maximum Gasteiger partial charge on any atom is 0.328 e. The monoisotopic (exact) mass is 327 g/mol. The Labute approximate surface area is 135 Å². The largest absolute Gasteiger partial charge is 0.467 e. The summed E-state index contributed by atoms with van der Waals surface area (Å²) in [6.07, 6.45) is 3.98. The first kappa shape index (κ1) is 15.4. The van der Waals surface area contributed by atoms with Crippen LogP contribution in [0.2, 0.25) is 0 Å². The summed E-state index contributed by atoms with van der Waals surface area (Å²) in [5.41, 5.74) is -0.941. The predicted octanol–water partition coefficient (Wildman–Crippen LogP) is 0.529. The molecule has 0 aliphatic heterocycles. The van der Waals surface area contributed by atoms with Gasteiger partial charge in [-0.05, 0) is 25.1 Å². The molecule has 3 rings (SSSR count). The van der Waals surface area contributed by atoms with E-state index in [0.29, 0.717) is 11.5 Å². The van der Waals surface area contributed by atoms with Gasteiger partial charge >= 0.3 is 5.69 Å². The van der Waals surface area contributed by atoms with E-state index in [1.165, 1.54) is 12.5 Å². The number of carbonyl (C=O) groups excluding carboxylic acids is 1. The molecule has 0 aliphatic carbocycles. The van der Waals surface area contributed by atoms with Crippen molar-refractivity contribution in [3.63, 3.8) is 0 Å². The van der Waals surface area contributed by atoms with Crippen molar-refractivity contribution in [2.24, 2.45) is 0 Å². The number of carbonyl (C=O) groups is 1. The fourth-order valence-electron chi connectivity index (χ4n) is 2.05. The lowest BCUT2D eigenvalue weighted by molar-refractivity contribution is 0.102. The third-order valence-corrected chi connectivity index (χ3v) is 3.22. The van der Waals surface area contributed by atoms with Crippen molar-refractivity contribution in [1.29, 1.82) is 0 Å². The van der Waals surface area contributed by atoms with Crippen molar-refractivity contribution in [1.82, 2.24) is 19.5 Å². The molecule has 0 aliphatic rings. The van der Waals surface area contributed by atoms with Crippen LogP contribution in [0.15, 0.2) is 50.9 Å². The van der Waals surface area contributed by atoms with Crippen LogP contribution in [-0.4, -0.2) is 25.4 Å². The molecule has 3 aromatic heterocycles. The standard InChI is InChI=1S/C15H13N5O4/c1-9-4-5-16-14(18-9)19-12(21)11-7-17-15(23)20(13(11)22)8-10-3-2-6-24-10/h2-7H,8H2,1H3,(H,17,23)(H,16,18,19,21). The third-order valence-electron chi connectivity index (χ3n) is 3.22. The summed E-state index contributed by atoms with van der Waals surface area (Å²) in [5.74, 6) is -0.222. The number of amides is 1. The number of hydrogen-bond acceptors (Lipinski definition) is 6. The summed E-state index contributed by atoms with van der Waals surface area (Å²) in [4.78, 5) is 46.8. The summed E-state index contributed by atoms with van der Waals surface area (Å²) < 4.78 is 6.00. The second kappa shape index (κ2) is 6.32. The number of nitrogens with one attached hydrogen (secondary N) is 2. The van der Waals surface area contributed by atoms with Gasteiger partial charge in [0, 0.05) is 18.1 Å². The Bertz CT molecular complexity index is 988. The molecule has 2 N–H and O–H groups in total. The molecule has 0 spiro atoms. The highest BCUT2D eigenvalue weighted by Crippen LogP contribution is 2.02. The third kappa shape index (κ3) is 3.14. The topological polar surface area (TPSA) is 123 Å². The lowest BCUT2D eigenvalue weighted by Crippen LogP contribution is -2.39. The number of aryl methyl sites for hydroxylation is 1. The Morgan fingerprint density at radius 1 is 1.38 bits per heavy atom. The zero-order valence-corrected chi connectivity index (χ0v) is 12.6. The Kier molecular flexibility index (Phi) is 4.06. The molecule has 0 unspecified atom stereocenters. The van der Waals surface area contributed by atoms with Crippen molar-refractivity contribution in [2.45, 2.75) is 13.5 Å². The van der Waals surface area contributed by atoms with Crippen LogP contribution in [0.3, 0.4) is 0 Å². The zero-order chi connectivity index (χ0) is 17.1. The van der Waals surface area contributed by atoms with Gasteiger partial charge in [0.15, 0.2) is 0 Å². The average molecular weight is 327 g/mol. The van der Waals surface area contributed by atoms with Gasteiger partial charge < -0.3 is 9.40 Å². The molecule has 0 radical (unpaired) electrons. The van der Waals surface area contributed by atoms with E-state index < -0.39 is 17.2 Å². The molecule has 9 heteroatoms. The van der Waals surface area contributed by atoms with Crippen molar-refractivity contribution >= 4 is 11.9 Å². The van der Waals surface area contributed by atoms with Gasteiger partial charge in [0.2, 0.25) is 5.95 Å². The summed E-state index contributed by atoms with van der Waals surface area (Å²) in [6, 6.07) is 4.94. The molecule has 3 aromatic rings. The average Bonchev–Trinajstić information content (AvgIpc) is 3.04. The summed E-state index contributed by atoms with van der Waals surface area (Å²) in [7, 11) is 0. The van der Waals surface area contributed by atoms with Crippen molar-refractivity contribution < 1.29 is 9.21 Å². The highest BCUT2D eigenvalue weighted by atomic mass is 16.3. The molecule has 0 fully saturated rings. The molecular weight excluding hydrogens is 314 g/mol. The van der Waals surface area contributed by atoms with Gasteiger partial charge in [-0.3, -0.25) is 19.5 Å². The van der Waals surface area contributed by atoms with Gasteiger partial charge in [-0.2, -0.15) is 0 Å². The lowest BCUT2D eigenvalue weighted by Gasteiger charge is -2.06. The van der Waals surface area contributed by atoms with Gasteiger partial charge in [-0.25, -0.2) is 14.8 Å². The number of aromatic nitrogens is 4. The molecule has 3 heterocycles. The van der Waals surface area contributed by atoms with Crippen LogP contribution >= 0.6 is 0 Å². The van der Waals surface area contributed by atoms with Crippen LogP contribution in [0, 0.1) is 6.92 Å². The lowest BCUT2D eigenvalue weighted by atomic mass is 10.3. The first-order valence-corrected chi connectivity index (χ1v) is 7.00. The van der Waals surface area contributed by atoms with Gasteiger partial charge in [-0.1, -0.05) is 0 Å². The second-order valence-electron chi connectivity index (χ2n) is 4.95. The maximum atomic E-state index is 12.4. The first-order valence-electron chi connectivity index (χ1n) is 7.00. The molecule has 122 valence electrons. The highest BCUT2D eigenvalue weighted by molar-refractivity contribution is 6.02. The van der Waals surface area contributed by atoms with E-state index in [0.717, 1.165) is 10.8 Å². The minimum atomic E-state index is -0.736. The second-order valence-corrected chi connectivity index (χ2v) is 4.95. The van der Waals surface area contributed by atoms with E-state index in [4.69, 9.17) is 4.42 Å². The van der Waals surface area contributed by atoms with Gasteiger partial charge in [0.1, 0.15) is 11.3 Å². The van der Waals surface area contributed by atoms with Crippen molar-refractivity contribution in [3.05, 3.63) is 74.7 Å². The zero-order valence-electron chi connectivity index (χ0n) is 12.6. The smallest absolute Gasteiger partial charge is 0.328 e. The van der Waals surface area contributed by atoms with Gasteiger partial charge in [-0.15, -0.1) is 0 Å². The number of rotatable bonds is 4. The molecule has 24 heavy (non-hydrogen) atoms. The Balaban J connectivity index is 1.92. The molecule has 1 amide bonds. The van der Waals surface area contributed by atoms with E-state index in [-0.39, 0.29) is 18.1 Å². The van der Waals surface area contributed by atoms with Crippen LogP contribution < -0.4 is 16.6 Å². The molecule has 0 saturated heterocycles. The summed E-state index contributed by atoms with van der Waals surface area (Å²) >= 11 is 0. The van der Waals surface area contributed by atoms with E-state index >= 15 is 0 Å². The summed E-state index contributed by atoms with van der Waals surface area (Å²) in [5, 5.41) is 2.43. The molecule has 0 saturated carbocycles. The molecule has 0 aromatic carbocycles. The van der Waals surface area contributed by atoms with E-state index in [9.17, 15) is 14.4 Å². The van der Waals surface area contributed by atoms with E-state index in [1.807, 2.05) is 0 Å². The van der Waals surface area contributed by atoms with Gasteiger partial charge in [0.05, 0.1) is 12.8 Å². The summed E-state index contributed by atoms with van der Waals surface area (Å²) in [6.45, 7) is 1.66. The number of nitrogens with zero attached hydrogens (tertiary/aromatic N) is 3. The number of hydrogen-bond donors (Lipinski definition) is 2. The molecule has 9 nitrogen and oxygen atoms in total. The minimum absolute atomic E-state index is 0.0724. The molecule has 0 bridgehead atoms. The maximum absolute atomic E-state index is 12.4. The number of anilines is 1. The fraction of sp³-hybridized carbons (Fsp3) is 0.133. The van der Waals surface area contributed by atoms with E-state index in [1.54, 1.807) is 25.1 Å². The molecule has 0 atom stereocenters. The number of H-pyrrole nitrogens is 1.